The number of hydrogen-bond acceptors (Lipinski definition) is 4. The Morgan fingerprint density at radius 3 is 2.50 bits per heavy atom. The summed E-state index contributed by atoms with van der Waals surface area (Å²) in [5.74, 6) is -0.273. The fourth-order valence-electron chi connectivity index (χ4n) is 2.66. The van der Waals surface area contributed by atoms with Crippen molar-refractivity contribution in [3.05, 3.63) is 0 Å². The summed E-state index contributed by atoms with van der Waals surface area (Å²) in [6.45, 7) is 4.78. The second-order valence-corrected chi connectivity index (χ2v) is 5.57. The average molecular weight is 284 g/mol. The minimum Gasteiger partial charge on any atom is -0.468 e. The topological polar surface area (TPSA) is 58.6 Å². The van der Waals surface area contributed by atoms with Crippen LogP contribution in [0.5, 0.6) is 0 Å². The summed E-state index contributed by atoms with van der Waals surface area (Å²) in [6.07, 6.45) is 6.71. The number of carbonyl (C=O) groups excluding carboxylic acids is 2. The fourth-order valence-corrected chi connectivity index (χ4v) is 2.66. The van der Waals surface area contributed by atoms with Gasteiger partial charge in [-0.1, -0.05) is 26.2 Å². The smallest absolute Gasteiger partial charge is 0.319 e. The molecule has 1 unspecified atom stereocenters. The Labute approximate surface area is 122 Å². The van der Waals surface area contributed by atoms with Gasteiger partial charge in [0.1, 0.15) is 0 Å². The number of esters is 1. The van der Waals surface area contributed by atoms with Crippen molar-refractivity contribution in [1.82, 2.24) is 10.2 Å². The summed E-state index contributed by atoms with van der Waals surface area (Å²) in [4.78, 5) is 25.6. The van der Waals surface area contributed by atoms with Crippen LogP contribution >= 0.6 is 0 Å². The number of hydrogen-bond donors (Lipinski definition) is 1. The van der Waals surface area contributed by atoms with Gasteiger partial charge in [-0.3, -0.25) is 14.5 Å². The molecule has 1 saturated carbocycles. The third-order valence-corrected chi connectivity index (χ3v) is 3.95. The zero-order valence-corrected chi connectivity index (χ0v) is 13.0. The number of nitrogens with zero attached hydrogens (tertiary/aromatic N) is 1. The molecule has 0 radical (unpaired) electrons. The molecule has 5 heteroatoms. The molecule has 0 aromatic rings. The molecule has 0 aromatic heterocycles. The minimum absolute atomic E-state index is 0.0225. The van der Waals surface area contributed by atoms with Crippen LogP contribution in [0.25, 0.3) is 0 Å². The summed E-state index contributed by atoms with van der Waals surface area (Å²) in [6, 6.07) is 0.0104. The van der Waals surface area contributed by atoms with Crippen LogP contribution in [-0.2, 0) is 14.3 Å². The first-order valence-corrected chi connectivity index (χ1v) is 7.69. The number of amides is 1. The highest BCUT2D eigenvalue weighted by Crippen LogP contribution is 2.17. The van der Waals surface area contributed by atoms with E-state index in [-0.39, 0.29) is 24.5 Å². The summed E-state index contributed by atoms with van der Waals surface area (Å²) < 4.78 is 4.69. The van der Waals surface area contributed by atoms with E-state index in [1.165, 1.54) is 26.4 Å². The molecule has 0 aromatic carbocycles. The number of methoxy groups -OCH3 is 1. The van der Waals surface area contributed by atoms with Gasteiger partial charge in [0.05, 0.1) is 19.7 Å². The van der Waals surface area contributed by atoms with Gasteiger partial charge in [-0.25, -0.2) is 0 Å². The van der Waals surface area contributed by atoms with Crippen LogP contribution in [0.4, 0.5) is 0 Å². The van der Waals surface area contributed by atoms with Crippen LogP contribution in [0.2, 0.25) is 0 Å². The van der Waals surface area contributed by atoms with E-state index in [1.807, 2.05) is 18.7 Å². The van der Waals surface area contributed by atoms with Gasteiger partial charge in [0.15, 0.2) is 0 Å². The van der Waals surface area contributed by atoms with Gasteiger partial charge < -0.3 is 10.1 Å². The highest BCUT2D eigenvalue weighted by Gasteiger charge is 2.25. The van der Waals surface area contributed by atoms with Gasteiger partial charge in [-0.2, -0.15) is 0 Å². The Hall–Kier alpha value is -1.10. The summed E-state index contributed by atoms with van der Waals surface area (Å²) in [5, 5.41) is 3.12. The number of nitrogens with one attached hydrogen (secondary N) is 1. The highest BCUT2D eigenvalue weighted by atomic mass is 16.5. The van der Waals surface area contributed by atoms with E-state index in [2.05, 4.69) is 5.32 Å². The minimum atomic E-state index is -0.296. The Bertz CT molecular complexity index is 314. The molecule has 1 atom stereocenters. The summed E-state index contributed by atoms with van der Waals surface area (Å²) in [7, 11) is 1.37. The van der Waals surface area contributed by atoms with Crippen molar-refractivity contribution in [3.63, 3.8) is 0 Å². The molecule has 0 saturated heterocycles. The van der Waals surface area contributed by atoms with Crippen molar-refractivity contribution in [2.75, 3.05) is 20.2 Å². The normalized spacial score (nSPS) is 17.8. The predicted octanol–water partition coefficient (Wildman–Crippen LogP) is 1.71. The van der Waals surface area contributed by atoms with Crippen molar-refractivity contribution in [1.29, 1.82) is 0 Å². The van der Waals surface area contributed by atoms with E-state index >= 15 is 0 Å². The molecule has 1 aliphatic carbocycles. The molecule has 1 aliphatic rings. The van der Waals surface area contributed by atoms with Crippen molar-refractivity contribution in [3.8, 4) is 0 Å². The molecule has 5 nitrogen and oxygen atoms in total. The van der Waals surface area contributed by atoms with Crippen LogP contribution in [-0.4, -0.2) is 49.1 Å². The first-order chi connectivity index (χ1) is 9.58. The SMILES string of the molecule is CCCN(CC(=O)OC)C(C)C(=O)NC1CCCCC1. The van der Waals surface area contributed by atoms with Crippen molar-refractivity contribution >= 4 is 11.9 Å². The van der Waals surface area contributed by atoms with Gasteiger partial charge in [-0.05, 0) is 32.7 Å². The van der Waals surface area contributed by atoms with E-state index < -0.39 is 0 Å². The average Bonchev–Trinajstić information content (AvgIpc) is 2.46. The maximum absolute atomic E-state index is 12.3. The molecule has 20 heavy (non-hydrogen) atoms. The monoisotopic (exact) mass is 284 g/mol. The van der Waals surface area contributed by atoms with Gasteiger partial charge in [-0.15, -0.1) is 0 Å². The zero-order valence-electron chi connectivity index (χ0n) is 13.0. The van der Waals surface area contributed by atoms with Gasteiger partial charge in [0.25, 0.3) is 0 Å². The Kier molecular flexibility index (Phi) is 7.59. The number of rotatable bonds is 7. The second-order valence-electron chi connectivity index (χ2n) is 5.57. The van der Waals surface area contributed by atoms with E-state index in [0.717, 1.165) is 19.3 Å². The van der Waals surface area contributed by atoms with E-state index in [0.29, 0.717) is 12.6 Å². The van der Waals surface area contributed by atoms with Crippen molar-refractivity contribution < 1.29 is 14.3 Å². The maximum atomic E-state index is 12.3. The first-order valence-electron chi connectivity index (χ1n) is 7.69. The largest absolute Gasteiger partial charge is 0.468 e. The van der Waals surface area contributed by atoms with Gasteiger partial charge in [0.2, 0.25) is 5.91 Å². The molecule has 1 N–H and O–H groups in total. The third kappa shape index (κ3) is 5.49. The molecular formula is C15H28N2O3. The molecule has 1 rings (SSSR count). The lowest BCUT2D eigenvalue weighted by atomic mass is 9.95. The summed E-state index contributed by atoms with van der Waals surface area (Å²) in [5.41, 5.74) is 0. The highest BCUT2D eigenvalue weighted by molar-refractivity contribution is 5.82. The van der Waals surface area contributed by atoms with Crippen molar-refractivity contribution in [2.45, 2.75) is 64.5 Å². The Balaban J connectivity index is 2.50. The predicted molar refractivity (Wildman–Crippen MR) is 78.4 cm³/mol. The molecule has 0 aliphatic heterocycles. The van der Waals surface area contributed by atoms with Crippen LogP contribution in [0.1, 0.15) is 52.4 Å². The quantitative estimate of drug-likeness (QED) is 0.723. The van der Waals surface area contributed by atoms with Crippen molar-refractivity contribution in [2.24, 2.45) is 0 Å². The number of ether oxygens (including phenoxy) is 1. The van der Waals surface area contributed by atoms with Gasteiger partial charge in [0, 0.05) is 6.04 Å². The lowest BCUT2D eigenvalue weighted by Crippen LogP contribution is -2.50. The Morgan fingerprint density at radius 1 is 1.30 bits per heavy atom. The van der Waals surface area contributed by atoms with Gasteiger partial charge >= 0.3 is 5.97 Å². The standard InChI is InChI=1S/C15H28N2O3/c1-4-10-17(11-14(18)20-3)12(2)15(19)16-13-8-6-5-7-9-13/h12-13H,4-11H2,1-3H3,(H,16,19). The fraction of sp³-hybridized carbons (Fsp3) is 0.867. The van der Waals surface area contributed by atoms with Crippen LogP contribution < -0.4 is 5.32 Å². The molecule has 0 spiro atoms. The van der Waals surface area contributed by atoms with Crippen LogP contribution in [0.15, 0.2) is 0 Å². The molecule has 1 fully saturated rings. The lowest BCUT2D eigenvalue weighted by Gasteiger charge is -2.29. The third-order valence-electron chi connectivity index (χ3n) is 3.95. The van der Waals surface area contributed by atoms with E-state index in [9.17, 15) is 9.59 Å². The van der Waals surface area contributed by atoms with E-state index in [4.69, 9.17) is 4.74 Å². The second kappa shape index (κ2) is 8.95. The van der Waals surface area contributed by atoms with E-state index in [1.54, 1.807) is 0 Å². The zero-order chi connectivity index (χ0) is 15.0. The summed E-state index contributed by atoms with van der Waals surface area (Å²) >= 11 is 0. The molecular weight excluding hydrogens is 256 g/mol. The molecule has 116 valence electrons. The molecule has 1 amide bonds. The molecule has 0 bridgehead atoms. The maximum Gasteiger partial charge on any atom is 0.319 e. The lowest BCUT2D eigenvalue weighted by molar-refractivity contribution is -0.143. The number of carbonyl (C=O) groups is 2. The van der Waals surface area contributed by atoms with Crippen LogP contribution in [0.3, 0.4) is 0 Å². The first kappa shape index (κ1) is 17.0. The molecule has 0 heterocycles. The van der Waals surface area contributed by atoms with Crippen LogP contribution in [0, 0.1) is 0 Å². The Morgan fingerprint density at radius 2 is 1.95 bits per heavy atom.